The second kappa shape index (κ2) is 3.99. The summed E-state index contributed by atoms with van der Waals surface area (Å²) in [7, 11) is 0. The van der Waals surface area contributed by atoms with Gasteiger partial charge in [-0.3, -0.25) is 10.1 Å². The standard InChI is InChI=1S/C10H9Cl2NO2/c11-10(12)9-7(6-4-5-6)2-1-3-8(9)13(14)15/h1-3,6,10H,4-5H2. The van der Waals surface area contributed by atoms with Crippen LogP contribution in [0, 0.1) is 10.1 Å². The molecule has 1 aliphatic carbocycles. The molecule has 3 nitrogen and oxygen atoms in total. The van der Waals surface area contributed by atoms with E-state index >= 15 is 0 Å². The average molecular weight is 246 g/mol. The van der Waals surface area contributed by atoms with E-state index in [9.17, 15) is 10.1 Å². The molecule has 0 unspecified atom stereocenters. The molecule has 0 heterocycles. The lowest BCUT2D eigenvalue weighted by Crippen LogP contribution is -1.99. The van der Waals surface area contributed by atoms with Gasteiger partial charge in [-0.25, -0.2) is 0 Å². The minimum Gasteiger partial charge on any atom is -0.258 e. The molecule has 15 heavy (non-hydrogen) atoms. The predicted molar refractivity (Wildman–Crippen MR) is 59.5 cm³/mol. The highest BCUT2D eigenvalue weighted by Crippen LogP contribution is 2.47. The number of hydrogen-bond acceptors (Lipinski definition) is 2. The molecule has 1 aromatic rings. The van der Waals surface area contributed by atoms with Crippen molar-refractivity contribution in [1.29, 1.82) is 0 Å². The molecule has 0 bridgehead atoms. The molecule has 1 aromatic carbocycles. The lowest BCUT2D eigenvalue weighted by atomic mass is 10.0. The summed E-state index contributed by atoms with van der Waals surface area (Å²) >= 11 is 11.6. The van der Waals surface area contributed by atoms with Gasteiger partial charge in [0.25, 0.3) is 5.69 Å². The zero-order valence-corrected chi connectivity index (χ0v) is 9.33. The fourth-order valence-corrected chi connectivity index (χ4v) is 2.19. The summed E-state index contributed by atoms with van der Waals surface area (Å²) in [5.41, 5.74) is 1.42. The number of nitro benzene ring substituents is 1. The van der Waals surface area contributed by atoms with Crippen LogP contribution < -0.4 is 0 Å². The SMILES string of the molecule is O=[N+]([O-])c1cccc(C2CC2)c1C(Cl)Cl. The molecule has 0 saturated heterocycles. The highest BCUT2D eigenvalue weighted by atomic mass is 35.5. The first-order chi connectivity index (χ1) is 7.11. The largest absolute Gasteiger partial charge is 0.275 e. The van der Waals surface area contributed by atoms with Gasteiger partial charge in [-0.05, 0) is 24.3 Å². The van der Waals surface area contributed by atoms with Crippen molar-refractivity contribution in [3.8, 4) is 0 Å². The van der Waals surface area contributed by atoms with E-state index in [2.05, 4.69) is 0 Å². The molecule has 0 radical (unpaired) electrons. The van der Waals surface area contributed by atoms with Crippen molar-refractivity contribution in [3.63, 3.8) is 0 Å². The maximum atomic E-state index is 10.8. The van der Waals surface area contributed by atoms with Crippen molar-refractivity contribution in [2.45, 2.75) is 23.6 Å². The van der Waals surface area contributed by atoms with Crippen molar-refractivity contribution in [3.05, 3.63) is 39.4 Å². The van der Waals surface area contributed by atoms with Crippen molar-refractivity contribution >= 4 is 28.9 Å². The third-order valence-electron chi connectivity index (χ3n) is 2.55. The Hall–Kier alpha value is -0.800. The third-order valence-corrected chi connectivity index (χ3v) is 2.99. The quantitative estimate of drug-likeness (QED) is 0.460. The first-order valence-corrected chi connectivity index (χ1v) is 5.54. The molecule has 80 valence electrons. The van der Waals surface area contributed by atoms with Crippen molar-refractivity contribution in [1.82, 2.24) is 0 Å². The van der Waals surface area contributed by atoms with Crippen LogP contribution in [0.5, 0.6) is 0 Å². The molecule has 0 aromatic heterocycles. The summed E-state index contributed by atoms with van der Waals surface area (Å²) in [5, 5.41) is 10.8. The molecule has 1 fully saturated rings. The topological polar surface area (TPSA) is 43.1 Å². The minimum atomic E-state index is -0.831. The zero-order valence-electron chi connectivity index (χ0n) is 7.82. The first-order valence-electron chi connectivity index (χ1n) is 4.66. The molecule has 1 aliphatic rings. The second-order valence-corrected chi connectivity index (χ2v) is 4.71. The molecule has 5 heteroatoms. The monoisotopic (exact) mass is 245 g/mol. The summed E-state index contributed by atoms with van der Waals surface area (Å²) < 4.78 is 0. The number of benzene rings is 1. The number of hydrogen-bond donors (Lipinski definition) is 0. The lowest BCUT2D eigenvalue weighted by Gasteiger charge is -2.09. The van der Waals surface area contributed by atoms with Gasteiger partial charge in [-0.2, -0.15) is 0 Å². The van der Waals surface area contributed by atoms with Gasteiger partial charge in [-0.1, -0.05) is 35.3 Å². The van der Waals surface area contributed by atoms with E-state index in [4.69, 9.17) is 23.2 Å². The van der Waals surface area contributed by atoms with E-state index in [0.29, 0.717) is 11.5 Å². The summed E-state index contributed by atoms with van der Waals surface area (Å²) in [6.45, 7) is 0. The molecule has 0 spiro atoms. The summed E-state index contributed by atoms with van der Waals surface area (Å²) in [4.78, 5) is 9.55. The Morgan fingerprint density at radius 3 is 2.53 bits per heavy atom. The van der Waals surface area contributed by atoms with E-state index in [1.165, 1.54) is 6.07 Å². The fraction of sp³-hybridized carbons (Fsp3) is 0.400. The van der Waals surface area contributed by atoms with Crippen LogP contribution in [-0.4, -0.2) is 4.92 Å². The van der Waals surface area contributed by atoms with Crippen LogP contribution in [0.4, 0.5) is 5.69 Å². The van der Waals surface area contributed by atoms with Crippen molar-refractivity contribution in [2.75, 3.05) is 0 Å². The van der Waals surface area contributed by atoms with Gasteiger partial charge in [0.15, 0.2) is 0 Å². The van der Waals surface area contributed by atoms with Crippen LogP contribution >= 0.6 is 23.2 Å². The summed E-state index contributed by atoms with van der Waals surface area (Å²) in [6, 6.07) is 5.00. The second-order valence-electron chi connectivity index (χ2n) is 3.61. The Bertz CT molecular complexity index is 402. The number of rotatable bonds is 3. The van der Waals surface area contributed by atoms with Crippen LogP contribution in [0.3, 0.4) is 0 Å². The smallest absolute Gasteiger partial charge is 0.258 e. The molecule has 0 amide bonds. The molecule has 1 saturated carbocycles. The summed E-state index contributed by atoms with van der Waals surface area (Å²) in [5.74, 6) is 0.403. The zero-order chi connectivity index (χ0) is 11.0. The normalized spacial score (nSPS) is 15.7. The highest BCUT2D eigenvalue weighted by Gasteiger charge is 2.31. The van der Waals surface area contributed by atoms with E-state index in [0.717, 1.165) is 18.4 Å². The van der Waals surface area contributed by atoms with E-state index in [-0.39, 0.29) is 5.69 Å². The van der Waals surface area contributed by atoms with Crippen LogP contribution in [0.15, 0.2) is 18.2 Å². The van der Waals surface area contributed by atoms with E-state index < -0.39 is 9.76 Å². The minimum absolute atomic E-state index is 0.0226. The van der Waals surface area contributed by atoms with Crippen LogP contribution in [-0.2, 0) is 0 Å². The molecule has 0 atom stereocenters. The Balaban J connectivity index is 2.54. The van der Waals surface area contributed by atoms with Crippen LogP contribution in [0.2, 0.25) is 0 Å². The molecule has 2 rings (SSSR count). The van der Waals surface area contributed by atoms with Crippen molar-refractivity contribution in [2.24, 2.45) is 0 Å². The number of halogens is 2. The number of nitro groups is 1. The van der Waals surface area contributed by atoms with Gasteiger partial charge < -0.3 is 0 Å². The van der Waals surface area contributed by atoms with Gasteiger partial charge >= 0.3 is 0 Å². The Morgan fingerprint density at radius 2 is 2.07 bits per heavy atom. The van der Waals surface area contributed by atoms with Crippen LogP contribution in [0.1, 0.15) is 34.7 Å². The number of alkyl halides is 2. The third kappa shape index (κ3) is 2.08. The van der Waals surface area contributed by atoms with E-state index in [1.807, 2.05) is 6.07 Å². The maximum absolute atomic E-state index is 10.8. The maximum Gasteiger partial charge on any atom is 0.275 e. The molecule has 0 aliphatic heterocycles. The Morgan fingerprint density at radius 1 is 1.40 bits per heavy atom. The lowest BCUT2D eigenvalue weighted by molar-refractivity contribution is -0.385. The van der Waals surface area contributed by atoms with Gasteiger partial charge in [-0.15, -0.1) is 0 Å². The Labute approximate surface area is 97.1 Å². The summed E-state index contributed by atoms with van der Waals surface area (Å²) in [6.07, 6.45) is 2.13. The molecule has 0 N–H and O–H groups in total. The van der Waals surface area contributed by atoms with Crippen LogP contribution in [0.25, 0.3) is 0 Å². The van der Waals surface area contributed by atoms with Gasteiger partial charge in [0.1, 0.15) is 4.84 Å². The van der Waals surface area contributed by atoms with Crippen molar-refractivity contribution < 1.29 is 4.92 Å². The first kappa shape index (κ1) is 10.7. The van der Waals surface area contributed by atoms with Gasteiger partial charge in [0, 0.05) is 6.07 Å². The highest BCUT2D eigenvalue weighted by molar-refractivity contribution is 6.44. The van der Waals surface area contributed by atoms with Gasteiger partial charge in [0.05, 0.1) is 10.5 Å². The molecular formula is C10H9Cl2NO2. The fourth-order valence-electron chi connectivity index (χ4n) is 1.72. The van der Waals surface area contributed by atoms with E-state index in [1.54, 1.807) is 6.07 Å². The molecular weight excluding hydrogens is 237 g/mol. The number of nitrogens with zero attached hydrogens (tertiary/aromatic N) is 1. The predicted octanol–water partition coefficient (Wildman–Crippen LogP) is 3.95. The average Bonchev–Trinajstić information content (AvgIpc) is 2.99. The van der Waals surface area contributed by atoms with Gasteiger partial charge in [0.2, 0.25) is 0 Å². The Kier molecular flexibility index (Phi) is 2.85.